The summed E-state index contributed by atoms with van der Waals surface area (Å²) in [6.45, 7) is 3.76. The fourth-order valence-electron chi connectivity index (χ4n) is 3.06. The Morgan fingerprint density at radius 3 is 1.55 bits per heavy atom. The van der Waals surface area contributed by atoms with Gasteiger partial charge in [-0.25, -0.2) is 0 Å². The molecule has 29 heavy (non-hydrogen) atoms. The highest BCUT2D eigenvalue weighted by molar-refractivity contribution is 5.69. The zero-order valence-corrected chi connectivity index (χ0v) is 18.6. The van der Waals surface area contributed by atoms with Crippen LogP contribution in [0, 0.1) is 0 Å². The number of rotatable bonds is 23. The van der Waals surface area contributed by atoms with Crippen molar-refractivity contribution in [1.82, 2.24) is 0 Å². The second-order valence-corrected chi connectivity index (χ2v) is 7.58. The van der Waals surface area contributed by atoms with Crippen LogP contribution in [-0.2, 0) is 23.8 Å². The number of esters is 1. The average Bonchev–Trinajstić information content (AvgIpc) is 2.70. The minimum absolute atomic E-state index is 0.00317. The summed E-state index contributed by atoms with van der Waals surface area (Å²) in [6, 6.07) is 0. The molecule has 0 atom stereocenters. The van der Waals surface area contributed by atoms with E-state index in [1.165, 1.54) is 70.6 Å². The van der Waals surface area contributed by atoms with Gasteiger partial charge >= 0.3 is 11.9 Å². The number of ether oxygens (including phenoxy) is 3. The molecule has 0 unspecified atom stereocenters. The predicted octanol–water partition coefficient (Wildman–Crippen LogP) is 5.52. The summed E-state index contributed by atoms with van der Waals surface area (Å²) in [7, 11) is 0. The van der Waals surface area contributed by atoms with Gasteiger partial charge in [-0.05, 0) is 6.42 Å². The van der Waals surface area contributed by atoms with E-state index in [0.29, 0.717) is 26.2 Å². The van der Waals surface area contributed by atoms with Crippen molar-refractivity contribution in [2.75, 3.05) is 33.0 Å². The van der Waals surface area contributed by atoms with E-state index in [1.807, 2.05) is 0 Å². The van der Waals surface area contributed by atoms with E-state index in [4.69, 9.17) is 19.3 Å². The van der Waals surface area contributed by atoms with Crippen LogP contribution in [0.25, 0.3) is 0 Å². The van der Waals surface area contributed by atoms with Gasteiger partial charge in [-0.1, -0.05) is 84.0 Å². The van der Waals surface area contributed by atoms with Gasteiger partial charge in [0.25, 0.3) is 0 Å². The summed E-state index contributed by atoms with van der Waals surface area (Å²) < 4.78 is 15.5. The summed E-state index contributed by atoms with van der Waals surface area (Å²) in [5.41, 5.74) is 0. The van der Waals surface area contributed by atoms with E-state index in [0.717, 1.165) is 12.8 Å². The molecule has 0 radical (unpaired) electrons. The van der Waals surface area contributed by atoms with Crippen LogP contribution in [0.15, 0.2) is 0 Å². The Morgan fingerprint density at radius 1 is 0.586 bits per heavy atom. The van der Waals surface area contributed by atoms with Gasteiger partial charge in [-0.15, -0.1) is 0 Å². The number of hydrogen-bond acceptors (Lipinski definition) is 5. The minimum atomic E-state index is -0.874. The Kier molecular flexibility index (Phi) is 22.2. The van der Waals surface area contributed by atoms with Crippen molar-refractivity contribution in [3.05, 3.63) is 0 Å². The molecule has 1 N–H and O–H groups in total. The molecule has 0 aromatic heterocycles. The summed E-state index contributed by atoms with van der Waals surface area (Å²) in [5, 5.41) is 8.45. The fourth-order valence-corrected chi connectivity index (χ4v) is 3.06. The maximum absolute atomic E-state index is 11.6. The molecule has 0 rings (SSSR count). The van der Waals surface area contributed by atoms with Crippen LogP contribution in [0.1, 0.15) is 103 Å². The number of carbonyl (C=O) groups excluding carboxylic acids is 1. The summed E-state index contributed by atoms with van der Waals surface area (Å²) >= 11 is 0. The van der Waals surface area contributed by atoms with Gasteiger partial charge in [0.05, 0.1) is 32.8 Å². The molecule has 172 valence electrons. The second-order valence-electron chi connectivity index (χ2n) is 7.58. The molecule has 0 aromatic carbocycles. The van der Waals surface area contributed by atoms with Crippen LogP contribution in [0.3, 0.4) is 0 Å². The molecule has 0 amide bonds. The molecule has 0 fully saturated rings. The molecule has 0 heterocycles. The van der Waals surface area contributed by atoms with Gasteiger partial charge in [0.1, 0.15) is 6.61 Å². The standard InChI is InChI=1S/C23H44O6/c1-2-3-4-5-6-7-8-9-10-11-12-13-14-15-23(26)29-21-20-28-19-18-27-17-16-22(24)25/h2-21H2,1H3,(H,24,25). The van der Waals surface area contributed by atoms with Crippen LogP contribution in [0.5, 0.6) is 0 Å². The molecule has 0 aliphatic heterocycles. The summed E-state index contributed by atoms with van der Waals surface area (Å²) in [5.74, 6) is -1.03. The van der Waals surface area contributed by atoms with E-state index in [-0.39, 0.29) is 25.6 Å². The molecule has 6 heteroatoms. The number of carboxylic acid groups (broad SMARTS) is 1. The van der Waals surface area contributed by atoms with Crippen molar-refractivity contribution < 1.29 is 28.9 Å². The second kappa shape index (κ2) is 23.1. The molecule has 0 aromatic rings. The van der Waals surface area contributed by atoms with Gasteiger partial charge in [0, 0.05) is 6.42 Å². The van der Waals surface area contributed by atoms with Crippen molar-refractivity contribution in [2.24, 2.45) is 0 Å². The Labute approximate surface area is 177 Å². The molecular formula is C23H44O6. The highest BCUT2D eigenvalue weighted by atomic mass is 16.6. The van der Waals surface area contributed by atoms with Crippen LogP contribution in [0.2, 0.25) is 0 Å². The lowest BCUT2D eigenvalue weighted by Gasteiger charge is -2.07. The topological polar surface area (TPSA) is 82.1 Å². The Balaban J connectivity index is 3.16. The van der Waals surface area contributed by atoms with Crippen molar-refractivity contribution in [3.8, 4) is 0 Å². The lowest BCUT2D eigenvalue weighted by Crippen LogP contribution is -2.13. The third-order valence-electron chi connectivity index (χ3n) is 4.81. The van der Waals surface area contributed by atoms with Crippen LogP contribution in [0.4, 0.5) is 0 Å². The first kappa shape index (κ1) is 27.9. The largest absolute Gasteiger partial charge is 0.481 e. The first-order valence-corrected chi connectivity index (χ1v) is 11.7. The van der Waals surface area contributed by atoms with E-state index < -0.39 is 5.97 Å². The van der Waals surface area contributed by atoms with Crippen LogP contribution in [-0.4, -0.2) is 50.1 Å². The number of carboxylic acids is 1. The predicted molar refractivity (Wildman–Crippen MR) is 115 cm³/mol. The third kappa shape index (κ3) is 24.8. The van der Waals surface area contributed by atoms with Gasteiger partial charge < -0.3 is 19.3 Å². The molecular weight excluding hydrogens is 372 g/mol. The Bertz CT molecular complexity index is 372. The third-order valence-corrected chi connectivity index (χ3v) is 4.81. The fraction of sp³-hybridized carbons (Fsp3) is 0.913. The van der Waals surface area contributed by atoms with Gasteiger partial charge in [-0.2, -0.15) is 0 Å². The van der Waals surface area contributed by atoms with Gasteiger partial charge in [0.15, 0.2) is 0 Å². The first-order valence-electron chi connectivity index (χ1n) is 11.7. The van der Waals surface area contributed by atoms with E-state index in [9.17, 15) is 9.59 Å². The zero-order chi connectivity index (χ0) is 21.4. The average molecular weight is 417 g/mol. The normalized spacial score (nSPS) is 10.9. The van der Waals surface area contributed by atoms with Crippen LogP contribution < -0.4 is 0 Å². The maximum Gasteiger partial charge on any atom is 0.305 e. The van der Waals surface area contributed by atoms with E-state index in [2.05, 4.69) is 6.92 Å². The molecule has 0 spiro atoms. The van der Waals surface area contributed by atoms with Gasteiger partial charge in [-0.3, -0.25) is 9.59 Å². The highest BCUT2D eigenvalue weighted by Gasteiger charge is 2.03. The summed E-state index contributed by atoms with van der Waals surface area (Å²) in [4.78, 5) is 21.9. The molecule has 0 aliphatic carbocycles. The molecule has 0 aliphatic rings. The van der Waals surface area contributed by atoms with Gasteiger partial charge in [0.2, 0.25) is 0 Å². The van der Waals surface area contributed by atoms with E-state index >= 15 is 0 Å². The minimum Gasteiger partial charge on any atom is -0.481 e. The molecule has 6 nitrogen and oxygen atoms in total. The number of hydrogen-bond donors (Lipinski definition) is 1. The number of unbranched alkanes of at least 4 members (excludes halogenated alkanes) is 12. The van der Waals surface area contributed by atoms with Crippen molar-refractivity contribution in [1.29, 1.82) is 0 Å². The molecule has 0 bridgehead atoms. The first-order chi connectivity index (χ1) is 14.2. The number of carbonyl (C=O) groups is 2. The lowest BCUT2D eigenvalue weighted by atomic mass is 10.0. The maximum atomic E-state index is 11.6. The molecule has 0 saturated carbocycles. The Morgan fingerprint density at radius 2 is 1.03 bits per heavy atom. The van der Waals surface area contributed by atoms with Crippen molar-refractivity contribution >= 4 is 11.9 Å². The number of aliphatic carboxylic acids is 1. The SMILES string of the molecule is CCCCCCCCCCCCCCCC(=O)OCCOCCOCCC(=O)O. The van der Waals surface area contributed by atoms with Crippen molar-refractivity contribution in [2.45, 2.75) is 103 Å². The lowest BCUT2D eigenvalue weighted by molar-refractivity contribution is -0.145. The Hall–Kier alpha value is -1.14. The monoisotopic (exact) mass is 416 g/mol. The highest BCUT2D eigenvalue weighted by Crippen LogP contribution is 2.13. The zero-order valence-electron chi connectivity index (χ0n) is 18.6. The van der Waals surface area contributed by atoms with E-state index in [1.54, 1.807) is 0 Å². The smallest absolute Gasteiger partial charge is 0.305 e. The van der Waals surface area contributed by atoms with Crippen molar-refractivity contribution in [3.63, 3.8) is 0 Å². The summed E-state index contributed by atoms with van der Waals surface area (Å²) in [6.07, 6.45) is 17.3. The quantitative estimate of drug-likeness (QED) is 0.174. The van der Waals surface area contributed by atoms with Crippen LogP contribution >= 0.6 is 0 Å². The molecule has 0 saturated heterocycles.